The lowest BCUT2D eigenvalue weighted by Gasteiger charge is -2.16. The minimum atomic E-state index is 0.828. The van der Waals surface area contributed by atoms with Crippen molar-refractivity contribution in [1.82, 2.24) is 9.97 Å². The van der Waals surface area contributed by atoms with Crippen molar-refractivity contribution in [1.29, 1.82) is 0 Å². The third-order valence-corrected chi connectivity index (χ3v) is 2.75. The fraction of sp³-hybridized carbons (Fsp3) is 0.385. The molecule has 0 saturated carbocycles. The molecule has 0 amide bonds. The van der Waals surface area contributed by atoms with Gasteiger partial charge in [-0.15, -0.1) is 0 Å². The molecule has 0 unspecified atom stereocenters. The van der Waals surface area contributed by atoms with Crippen LogP contribution in [0.4, 0.5) is 5.82 Å². The summed E-state index contributed by atoms with van der Waals surface area (Å²) < 4.78 is 0. The second-order valence-electron chi connectivity index (χ2n) is 3.94. The van der Waals surface area contributed by atoms with E-state index in [0.717, 1.165) is 35.2 Å². The van der Waals surface area contributed by atoms with Crippen LogP contribution >= 0.6 is 0 Å². The smallest absolute Gasteiger partial charge is 0.139 e. The quantitative estimate of drug-likeness (QED) is 0.729. The van der Waals surface area contributed by atoms with E-state index in [1.165, 1.54) is 0 Å². The van der Waals surface area contributed by atoms with Gasteiger partial charge in [-0.1, -0.05) is 18.2 Å². The van der Waals surface area contributed by atoms with Crippen LogP contribution < -0.4 is 15.5 Å². The Morgan fingerprint density at radius 2 is 2.19 bits per heavy atom. The van der Waals surface area contributed by atoms with E-state index in [1.54, 1.807) is 0 Å². The SMILES string of the molecule is CCN(C)c1nc(C)nc2c1=CCC=CC=2. The molecule has 2 rings (SSSR count). The van der Waals surface area contributed by atoms with E-state index >= 15 is 0 Å². The van der Waals surface area contributed by atoms with Crippen molar-refractivity contribution in [3.05, 3.63) is 28.5 Å². The van der Waals surface area contributed by atoms with Crippen LogP contribution in [0.15, 0.2) is 12.2 Å². The van der Waals surface area contributed by atoms with Gasteiger partial charge in [0.2, 0.25) is 0 Å². The highest BCUT2D eigenvalue weighted by Crippen LogP contribution is 2.01. The molecular formula is C13H17N3. The highest BCUT2D eigenvalue weighted by molar-refractivity contribution is 5.50. The maximum absolute atomic E-state index is 4.53. The molecule has 1 aromatic rings. The monoisotopic (exact) mass is 215 g/mol. The number of anilines is 1. The summed E-state index contributed by atoms with van der Waals surface area (Å²) in [6, 6.07) is 0. The van der Waals surface area contributed by atoms with Crippen LogP contribution in [0.5, 0.6) is 0 Å². The Labute approximate surface area is 95.8 Å². The molecule has 0 saturated heterocycles. The average molecular weight is 215 g/mol. The van der Waals surface area contributed by atoms with E-state index in [-0.39, 0.29) is 0 Å². The van der Waals surface area contributed by atoms with Crippen molar-refractivity contribution in [2.24, 2.45) is 0 Å². The van der Waals surface area contributed by atoms with Gasteiger partial charge in [0.05, 0.1) is 5.35 Å². The Kier molecular flexibility index (Phi) is 3.04. The molecular weight excluding hydrogens is 198 g/mol. The van der Waals surface area contributed by atoms with Crippen LogP contribution in [0.2, 0.25) is 0 Å². The summed E-state index contributed by atoms with van der Waals surface area (Å²) in [6.45, 7) is 5.02. The first-order valence-electron chi connectivity index (χ1n) is 5.65. The maximum atomic E-state index is 4.53. The summed E-state index contributed by atoms with van der Waals surface area (Å²) in [6.07, 6.45) is 9.38. The largest absolute Gasteiger partial charge is 0.359 e. The Morgan fingerprint density at radius 1 is 1.38 bits per heavy atom. The van der Waals surface area contributed by atoms with Crippen molar-refractivity contribution in [2.45, 2.75) is 20.3 Å². The molecule has 3 nitrogen and oxygen atoms in total. The lowest BCUT2D eigenvalue weighted by Crippen LogP contribution is -2.36. The number of aryl methyl sites for hydroxylation is 1. The zero-order valence-electron chi connectivity index (χ0n) is 10.1. The minimum Gasteiger partial charge on any atom is -0.359 e. The van der Waals surface area contributed by atoms with Crippen molar-refractivity contribution < 1.29 is 0 Å². The molecule has 1 heterocycles. The Bertz CT molecular complexity index is 529. The standard InChI is InChI=1S/C13H17N3/c1-4-16(3)13-11-8-6-5-7-9-12(11)14-10(2)15-13/h5,7-9H,4,6H2,1-3H3. The normalized spacial score (nSPS) is 13.4. The summed E-state index contributed by atoms with van der Waals surface area (Å²) in [5, 5.41) is 2.18. The molecule has 16 heavy (non-hydrogen) atoms. The summed E-state index contributed by atoms with van der Waals surface area (Å²) in [7, 11) is 2.06. The highest BCUT2D eigenvalue weighted by atomic mass is 15.2. The topological polar surface area (TPSA) is 29.0 Å². The second-order valence-corrected chi connectivity index (χ2v) is 3.94. The van der Waals surface area contributed by atoms with E-state index in [9.17, 15) is 0 Å². The molecule has 0 radical (unpaired) electrons. The fourth-order valence-electron chi connectivity index (χ4n) is 1.77. The Balaban J connectivity index is 2.73. The molecule has 3 heteroatoms. The lowest BCUT2D eigenvalue weighted by atomic mass is 10.3. The predicted molar refractivity (Wildman–Crippen MR) is 67.7 cm³/mol. The zero-order valence-corrected chi connectivity index (χ0v) is 10.1. The highest BCUT2D eigenvalue weighted by Gasteiger charge is 2.06. The van der Waals surface area contributed by atoms with Crippen LogP contribution in [0.1, 0.15) is 19.2 Å². The fourth-order valence-corrected chi connectivity index (χ4v) is 1.77. The van der Waals surface area contributed by atoms with Gasteiger partial charge in [0.15, 0.2) is 0 Å². The first kappa shape index (κ1) is 10.9. The van der Waals surface area contributed by atoms with Gasteiger partial charge in [-0.25, -0.2) is 9.97 Å². The van der Waals surface area contributed by atoms with Crippen molar-refractivity contribution in [3.63, 3.8) is 0 Å². The lowest BCUT2D eigenvalue weighted by molar-refractivity contribution is 0.893. The van der Waals surface area contributed by atoms with Gasteiger partial charge < -0.3 is 4.90 Å². The van der Waals surface area contributed by atoms with E-state index in [4.69, 9.17) is 0 Å². The van der Waals surface area contributed by atoms with Gasteiger partial charge in [-0.05, 0) is 26.3 Å². The summed E-state index contributed by atoms with van der Waals surface area (Å²) >= 11 is 0. The first-order chi connectivity index (χ1) is 7.72. The maximum Gasteiger partial charge on any atom is 0.139 e. The number of fused-ring (bicyclic) bond motifs is 1. The average Bonchev–Trinajstić information content (AvgIpc) is 2.51. The van der Waals surface area contributed by atoms with E-state index in [0.29, 0.717) is 0 Å². The van der Waals surface area contributed by atoms with Gasteiger partial charge >= 0.3 is 0 Å². The van der Waals surface area contributed by atoms with Gasteiger partial charge in [0, 0.05) is 18.8 Å². The van der Waals surface area contributed by atoms with E-state index in [2.05, 4.69) is 53.1 Å². The van der Waals surface area contributed by atoms with Crippen molar-refractivity contribution in [2.75, 3.05) is 18.5 Å². The number of hydrogen-bond acceptors (Lipinski definition) is 3. The minimum absolute atomic E-state index is 0.828. The van der Waals surface area contributed by atoms with Crippen LogP contribution in [-0.2, 0) is 0 Å². The molecule has 0 bridgehead atoms. The van der Waals surface area contributed by atoms with Crippen LogP contribution in [0.3, 0.4) is 0 Å². The number of hydrogen-bond donors (Lipinski definition) is 0. The third kappa shape index (κ3) is 1.98. The van der Waals surface area contributed by atoms with Gasteiger partial charge in [0.25, 0.3) is 0 Å². The second kappa shape index (κ2) is 4.47. The molecule has 0 atom stereocenters. The third-order valence-electron chi connectivity index (χ3n) is 2.75. The number of nitrogens with zero attached hydrogens (tertiary/aromatic N) is 3. The van der Waals surface area contributed by atoms with E-state index < -0.39 is 0 Å². The molecule has 1 aliphatic rings. The Hall–Kier alpha value is -1.64. The van der Waals surface area contributed by atoms with Crippen molar-refractivity contribution in [3.8, 4) is 0 Å². The molecule has 84 valence electrons. The summed E-state index contributed by atoms with van der Waals surface area (Å²) in [5.41, 5.74) is 0. The van der Waals surface area contributed by atoms with Crippen molar-refractivity contribution >= 4 is 18.0 Å². The number of rotatable bonds is 2. The molecule has 1 aliphatic carbocycles. The first-order valence-corrected chi connectivity index (χ1v) is 5.65. The van der Waals surface area contributed by atoms with Crippen LogP contribution in [-0.4, -0.2) is 23.6 Å². The molecule has 1 aromatic heterocycles. The number of aromatic nitrogens is 2. The molecule has 0 N–H and O–H groups in total. The molecule has 0 spiro atoms. The predicted octanol–water partition coefficient (Wildman–Crippen LogP) is 0.762. The van der Waals surface area contributed by atoms with Crippen LogP contribution in [0.25, 0.3) is 12.2 Å². The summed E-state index contributed by atoms with van der Waals surface area (Å²) in [4.78, 5) is 11.2. The van der Waals surface area contributed by atoms with Gasteiger partial charge in [-0.2, -0.15) is 0 Å². The van der Waals surface area contributed by atoms with Gasteiger partial charge in [0.1, 0.15) is 11.6 Å². The zero-order chi connectivity index (χ0) is 11.5. The Morgan fingerprint density at radius 3 is 2.94 bits per heavy atom. The molecule has 0 fully saturated rings. The molecule has 0 aromatic carbocycles. The number of allylic oxidation sites excluding steroid dienone is 2. The summed E-state index contributed by atoms with van der Waals surface area (Å²) in [5.74, 6) is 1.86. The van der Waals surface area contributed by atoms with Crippen LogP contribution in [0, 0.1) is 6.92 Å². The van der Waals surface area contributed by atoms with E-state index in [1.807, 2.05) is 6.92 Å². The molecule has 0 aliphatic heterocycles. The van der Waals surface area contributed by atoms with Gasteiger partial charge in [-0.3, -0.25) is 0 Å².